The molecule has 0 aromatic heterocycles. The Morgan fingerprint density at radius 1 is 1.50 bits per heavy atom. The molecule has 0 radical (unpaired) electrons. The van der Waals surface area contributed by atoms with Gasteiger partial charge in [0.15, 0.2) is 0 Å². The second-order valence-electron chi connectivity index (χ2n) is 4.06. The summed E-state index contributed by atoms with van der Waals surface area (Å²) >= 11 is 3.16. The Bertz CT molecular complexity index is 438. The van der Waals surface area contributed by atoms with Gasteiger partial charge in [0.1, 0.15) is 11.7 Å². The van der Waals surface area contributed by atoms with Crippen molar-refractivity contribution in [1.29, 1.82) is 0 Å². The van der Waals surface area contributed by atoms with E-state index in [2.05, 4.69) is 26.4 Å². The van der Waals surface area contributed by atoms with Gasteiger partial charge in [-0.1, -0.05) is 5.16 Å². The van der Waals surface area contributed by atoms with Gasteiger partial charge in [-0.15, -0.1) is 0 Å². The highest BCUT2D eigenvalue weighted by molar-refractivity contribution is 9.10. The topological polar surface area (TPSA) is 70.6 Å². The van der Waals surface area contributed by atoms with E-state index in [9.17, 15) is 4.39 Å². The number of nitrogens with zero attached hydrogens (tertiary/aromatic N) is 1. The van der Waals surface area contributed by atoms with Crippen molar-refractivity contribution in [2.24, 2.45) is 10.9 Å². The van der Waals surface area contributed by atoms with E-state index in [-0.39, 0.29) is 11.7 Å². The molecule has 1 aromatic carbocycles. The molecule has 6 heteroatoms. The van der Waals surface area contributed by atoms with Crippen LogP contribution in [0.1, 0.15) is 24.8 Å². The van der Waals surface area contributed by atoms with E-state index in [1.165, 1.54) is 6.07 Å². The molecule has 0 unspecified atom stereocenters. The quantitative estimate of drug-likeness (QED) is 0.248. The van der Waals surface area contributed by atoms with Gasteiger partial charge in [0, 0.05) is 18.7 Å². The van der Waals surface area contributed by atoms with E-state index in [1.807, 2.05) is 6.92 Å². The SMILES string of the molecule is Cc1cc(F)c(Br)cc1NCCCC/C(N)=N/O. The minimum absolute atomic E-state index is 0.246. The van der Waals surface area contributed by atoms with E-state index < -0.39 is 0 Å². The monoisotopic (exact) mass is 317 g/mol. The molecule has 4 nitrogen and oxygen atoms in total. The smallest absolute Gasteiger partial charge is 0.139 e. The van der Waals surface area contributed by atoms with Gasteiger partial charge in [0.2, 0.25) is 0 Å². The maximum Gasteiger partial charge on any atom is 0.139 e. The van der Waals surface area contributed by atoms with Crippen LogP contribution in [0.25, 0.3) is 0 Å². The molecule has 0 heterocycles. The molecule has 0 bridgehead atoms. The van der Waals surface area contributed by atoms with E-state index in [1.54, 1.807) is 6.07 Å². The van der Waals surface area contributed by atoms with Gasteiger partial charge in [-0.05, 0) is 53.4 Å². The third kappa shape index (κ3) is 4.52. The van der Waals surface area contributed by atoms with Crippen molar-refractivity contribution in [1.82, 2.24) is 0 Å². The molecule has 4 N–H and O–H groups in total. The predicted octanol–water partition coefficient (Wildman–Crippen LogP) is 3.23. The van der Waals surface area contributed by atoms with Crippen LogP contribution < -0.4 is 11.1 Å². The molecule has 18 heavy (non-hydrogen) atoms. The average Bonchev–Trinajstić information content (AvgIpc) is 2.34. The maximum absolute atomic E-state index is 13.2. The summed E-state index contributed by atoms with van der Waals surface area (Å²) in [6, 6.07) is 3.22. The molecule has 1 rings (SSSR count). The summed E-state index contributed by atoms with van der Waals surface area (Å²) in [4.78, 5) is 0. The molecule has 0 aliphatic rings. The summed E-state index contributed by atoms with van der Waals surface area (Å²) in [6.45, 7) is 2.62. The molecule has 0 fully saturated rings. The first-order valence-corrected chi connectivity index (χ1v) is 6.50. The Balaban J connectivity index is 2.38. The van der Waals surface area contributed by atoms with Crippen molar-refractivity contribution >= 4 is 27.5 Å². The fourth-order valence-electron chi connectivity index (χ4n) is 1.54. The van der Waals surface area contributed by atoms with Crippen molar-refractivity contribution in [2.45, 2.75) is 26.2 Å². The predicted molar refractivity (Wildman–Crippen MR) is 74.6 cm³/mol. The molecule has 0 saturated carbocycles. The summed E-state index contributed by atoms with van der Waals surface area (Å²) in [5, 5.41) is 14.5. The number of halogens is 2. The number of aryl methyl sites for hydroxylation is 1. The molecular weight excluding hydrogens is 301 g/mol. The van der Waals surface area contributed by atoms with Gasteiger partial charge in [0.25, 0.3) is 0 Å². The van der Waals surface area contributed by atoms with Gasteiger partial charge < -0.3 is 16.3 Å². The van der Waals surface area contributed by atoms with Crippen LogP contribution in [0.2, 0.25) is 0 Å². The largest absolute Gasteiger partial charge is 0.409 e. The molecule has 100 valence electrons. The summed E-state index contributed by atoms with van der Waals surface area (Å²) < 4.78 is 13.7. The van der Waals surface area contributed by atoms with Crippen LogP contribution in [0.5, 0.6) is 0 Å². The van der Waals surface area contributed by atoms with Crippen LogP contribution in [-0.4, -0.2) is 17.6 Å². The lowest BCUT2D eigenvalue weighted by molar-refractivity contribution is 0.316. The molecule has 1 aromatic rings. The number of nitrogens with two attached hydrogens (primary N) is 1. The lowest BCUT2D eigenvalue weighted by Gasteiger charge is -2.10. The molecular formula is C12H17BrFN3O. The van der Waals surface area contributed by atoms with Crippen LogP contribution in [-0.2, 0) is 0 Å². The molecule has 0 atom stereocenters. The fourth-order valence-corrected chi connectivity index (χ4v) is 1.88. The molecule has 0 saturated heterocycles. The van der Waals surface area contributed by atoms with Gasteiger partial charge in [-0.3, -0.25) is 0 Å². The molecule has 0 aliphatic carbocycles. The number of oxime groups is 1. The third-order valence-corrected chi connectivity index (χ3v) is 3.18. The standard InChI is InChI=1S/C12H17BrFN3O/c1-8-6-10(14)9(13)7-11(8)16-5-3-2-4-12(15)17-18/h6-7,16,18H,2-5H2,1H3,(H2,15,17). The van der Waals surface area contributed by atoms with Gasteiger partial charge in [-0.2, -0.15) is 0 Å². The van der Waals surface area contributed by atoms with Crippen LogP contribution in [0.4, 0.5) is 10.1 Å². The first kappa shape index (κ1) is 14.8. The first-order valence-electron chi connectivity index (χ1n) is 5.70. The minimum Gasteiger partial charge on any atom is -0.409 e. The zero-order chi connectivity index (χ0) is 13.5. The van der Waals surface area contributed by atoms with Gasteiger partial charge in [-0.25, -0.2) is 4.39 Å². The summed E-state index contributed by atoms with van der Waals surface area (Å²) in [5.41, 5.74) is 7.14. The van der Waals surface area contributed by atoms with Crippen LogP contribution in [0, 0.1) is 12.7 Å². The number of benzene rings is 1. The average molecular weight is 318 g/mol. The Morgan fingerprint density at radius 3 is 2.89 bits per heavy atom. The Hall–Kier alpha value is -1.30. The highest BCUT2D eigenvalue weighted by Crippen LogP contribution is 2.24. The lowest BCUT2D eigenvalue weighted by Crippen LogP contribution is -2.12. The normalized spacial score (nSPS) is 11.6. The van der Waals surface area contributed by atoms with E-state index in [0.717, 1.165) is 30.6 Å². The van der Waals surface area contributed by atoms with E-state index in [0.29, 0.717) is 10.9 Å². The van der Waals surface area contributed by atoms with E-state index >= 15 is 0 Å². The Labute approximate surface area is 114 Å². The number of unbranched alkanes of at least 4 members (excludes halogenated alkanes) is 1. The lowest BCUT2D eigenvalue weighted by atomic mass is 10.2. The minimum atomic E-state index is -0.259. The Kier molecular flexibility index (Phi) is 5.91. The highest BCUT2D eigenvalue weighted by atomic mass is 79.9. The van der Waals surface area contributed by atoms with E-state index in [4.69, 9.17) is 10.9 Å². The van der Waals surface area contributed by atoms with Crippen molar-refractivity contribution in [3.05, 3.63) is 28.0 Å². The third-order valence-electron chi connectivity index (χ3n) is 2.57. The second-order valence-corrected chi connectivity index (χ2v) is 4.91. The second kappa shape index (κ2) is 7.20. The van der Waals surface area contributed by atoms with Crippen LogP contribution >= 0.6 is 15.9 Å². The first-order chi connectivity index (χ1) is 8.54. The summed E-state index contributed by atoms with van der Waals surface area (Å²) in [6.07, 6.45) is 2.30. The fraction of sp³-hybridized carbons (Fsp3) is 0.417. The number of rotatable bonds is 6. The molecule has 0 aliphatic heterocycles. The number of nitrogens with one attached hydrogen (secondary N) is 1. The van der Waals surface area contributed by atoms with Crippen LogP contribution in [0.15, 0.2) is 21.8 Å². The number of amidine groups is 1. The zero-order valence-electron chi connectivity index (χ0n) is 10.2. The molecule has 0 amide bonds. The van der Waals surface area contributed by atoms with Gasteiger partial charge in [0.05, 0.1) is 4.47 Å². The van der Waals surface area contributed by atoms with Crippen molar-refractivity contribution < 1.29 is 9.60 Å². The molecule has 0 spiro atoms. The Morgan fingerprint density at radius 2 is 2.22 bits per heavy atom. The summed E-state index contributed by atoms with van der Waals surface area (Å²) in [7, 11) is 0. The van der Waals surface area contributed by atoms with Crippen molar-refractivity contribution in [2.75, 3.05) is 11.9 Å². The maximum atomic E-state index is 13.2. The zero-order valence-corrected chi connectivity index (χ0v) is 11.8. The van der Waals surface area contributed by atoms with Crippen molar-refractivity contribution in [3.8, 4) is 0 Å². The number of hydrogen-bond donors (Lipinski definition) is 3. The summed E-state index contributed by atoms with van der Waals surface area (Å²) in [5.74, 6) is -0.0133. The number of hydrogen-bond acceptors (Lipinski definition) is 3. The number of anilines is 1. The highest BCUT2D eigenvalue weighted by Gasteiger charge is 2.04. The van der Waals surface area contributed by atoms with Crippen LogP contribution in [0.3, 0.4) is 0 Å². The van der Waals surface area contributed by atoms with Gasteiger partial charge >= 0.3 is 0 Å². The van der Waals surface area contributed by atoms with Crippen molar-refractivity contribution in [3.63, 3.8) is 0 Å².